The van der Waals surface area contributed by atoms with E-state index < -0.39 is 0 Å². The molecule has 1 rings (SSSR count). The molecule has 0 bridgehead atoms. The Balaban J connectivity index is 2.33. The van der Waals surface area contributed by atoms with E-state index in [0.717, 1.165) is 32.2 Å². The third-order valence-corrected chi connectivity index (χ3v) is 4.32. The fourth-order valence-electron chi connectivity index (χ4n) is 2.65. The van der Waals surface area contributed by atoms with Gasteiger partial charge in [-0.25, -0.2) is 0 Å². The Hall–Kier alpha value is -0.160. The highest BCUT2D eigenvalue weighted by atomic mass is 16.5. The number of rotatable bonds is 9. The number of nitrogens with zero attached hydrogens (tertiary/aromatic N) is 1. The average molecular weight is 272 g/mol. The van der Waals surface area contributed by atoms with Gasteiger partial charge in [-0.1, -0.05) is 27.2 Å². The summed E-state index contributed by atoms with van der Waals surface area (Å²) in [5.74, 6) is 0.745. The number of hydrogen-bond donors (Lipinski definition) is 1. The first-order valence-corrected chi connectivity index (χ1v) is 7.77. The third kappa shape index (κ3) is 5.78. The summed E-state index contributed by atoms with van der Waals surface area (Å²) in [4.78, 5) is 2.60. The zero-order chi connectivity index (χ0) is 14.1. The molecule has 1 aliphatic heterocycles. The molecule has 4 nitrogen and oxygen atoms in total. The van der Waals surface area contributed by atoms with Crippen LogP contribution in [-0.2, 0) is 9.47 Å². The van der Waals surface area contributed by atoms with Gasteiger partial charge in [0.05, 0.1) is 19.8 Å². The van der Waals surface area contributed by atoms with Crippen LogP contribution >= 0.6 is 0 Å². The van der Waals surface area contributed by atoms with Crippen molar-refractivity contribution in [3.63, 3.8) is 0 Å². The van der Waals surface area contributed by atoms with Crippen LogP contribution in [0.4, 0.5) is 0 Å². The first-order valence-electron chi connectivity index (χ1n) is 7.77. The molecule has 1 aliphatic rings. The van der Waals surface area contributed by atoms with Gasteiger partial charge in [0.15, 0.2) is 0 Å². The number of hydrogen-bond acceptors (Lipinski definition) is 4. The molecule has 0 aliphatic carbocycles. The molecule has 3 atom stereocenters. The van der Waals surface area contributed by atoms with Gasteiger partial charge in [-0.15, -0.1) is 0 Å². The van der Waals surface area contributed by atoms with Crippen molar-refractivity contribution >= 4 is 0 Å². The molecule has 1 heterocycles. The first kappa shape index (κ1) is 16.9. The minimum atomic E-state index is 0.631. The second-order valence-electron chi connectivity index (χ2n) is 5.56. The Morgan fingerprint density at radius 1 is 1.26 bits per heavy atom. The Morgan fingerprint density at radius 2 is 2.05 bits per heavy atom. The van der Waals surface area contributed by atoms with Crippen LogP contribution in [-0.4, -0.2) is 63.5 Å². The van der Waals surface area contributed by atoms with E-state index >= 15 is 0 Å². The van der Waals surface area contributed by atoms with E-state index in [1.54, 1.807) is 7.11 Å². The van der Waals surface area contributed by atoms with Gasteiger partial charge in [-0.05, 0) is 12.3 Å². The van der Waals surface area contributed by atoms with Gasteiger partial charge in [-0.3, -0.25) is 4.90 Å². The minimum Gasteiger partial charge on any atom is -0.382 e. The molecule has 4 heteroatoms. The molecule has 0 aromatic heterocycles. The third-order valence-electron chi connectivity index (χ3n) is 4.32. The molecule has 0 spiro atoms. The Morgan fingerprint density at radius 3 is 2.68 bits per heavy atom. The largest absolute Gasteiger partial charge is 0.382 e. The Labute approximate surface area is 118 Å². The van der Waals surface area contributed by atoms with Gasteiger partial charge in [0, 0.05) is 38.8 Å². The van der Waals surface area contributed by atoms with E-state index in [1.807, 2.05) is 0 Å². The van der Waals surface area contributed by atoms with Gasteiger partial charge in [0.25, 0.3) is 0 Å². The molecule has 0 radical (unpaired) electrons. The van der Waals surface area contributed by atoms with Crippen LogP contribution in [0.2, 0.25) is 0 Å². The van der Waals surface area contributed by atoms with E-state index in [9.17, 15) is 0 Å². The monoisotopic (exact) mass is 272 g/mol. The summed E-state index contributed by atoms with van der Waals surface area (Å²) in [7, 11) is 1.71. The molecular weight excluding hydrogens is 240 g/mol. The maximum atomic E-state index is 5.60. The zero-order valence-corrected chi connectivity index (χ0v) is 13.2. The second kappa shape index (κ2) is 9.70. The van der Waals surface area contributed by atoms with Crippen molar-refractivity contribution in [3.05, 3.63) is 0 Å². The van der Waals surface area contributed by atoms with E-state index in [0.29, 0.717) is 25.3 Å². The summed E-state index contributed by atoms with van der Waals surface area (Å²) >= 11 is 0. The number of piperazine rings is 1. The molecule has 1 fully saturated rings. The van der Waals surface area contributed by atoms with Crippen molar-refractivity contribution < 1.29 is 9.47 Å². The van der Waals surface area contributed by atoms with Crippen LogP contribution in [0.3, 0.4) is 0 Å². The van der Waals surface area contributed by atoms with Crippen LogP contribution in [0, 0.1) is 5.92 Å². The summed E-state index contributed by atoms with van der Waals surface area (Å²) in [5.41, 5.74) is 0. The van der Waals surface area contributed by atoms with E-state index in [1.165, 1.54) is 12.8 Å². The van der Waals surface area contributed by atoms with Crippen molar-refractivity contribution in [2.75, 3.05) is 46.6 Å². The van der Waals surface area contributed by atoms with Crippen LogP contribution in [0.25, 0.3) is 0 Å². The number of ether oxygens (including phenoxy) is 2. The summed E-state index contributed by atoms with van der Waals surface area (Å²) in [6.07, 6.45) is 2.45. The van der Waals surface area contributed by atoms with Crippen LogP contribution < -0.4 is 5.32 Å². The smallest absolute Gasteiger partial charge is 0.0700 e. The van der Waals surface area contributed by atoms with Crippen molar-refractivity contribution in [1.29, 1.82) is 0 Å². The molecule has 1 N–H and O–H groups in total. The van der Waals surface area contributed by atoms with E-state index in [4.69, 9.17) is 9.47 Å². The van der Waals surface area contributed by atoms with Gasteiger partial charge >= 0.3 is 0 Å². The lowest BCUT2D eigenvalue weighted by atomic mass is 9.95. The lowest BCUT2D eigenvalue weighted by Crippen LogP contribution is -2.58. The normalized spacial score (nSPS) is 26.5. The SMILES string of the molecule is CCC(C)C1CN(CCOCCOC)C(CC)CN1. The molecule has 19 heavy (non-hydrogen) atoms. The van der Waals surface area contributed by atoms with Gasteiger partial charge in [0.2, 0.25) is 0 Å². The van der Waals surface area contributed by atoms with Crippen LogP contribution in [0.5, 0.6) is 0 Å². The standard InChI is InChI=1S/C15H32N2O2/c1-5-13(3)15-12-17(14(6-2)11-16-15)7-8-19-10-9-18-4/h13-16H,5-12H2,1-4H3. The van der Waals surface area contributed by atoms with Crippen molar-refractivity contribution in [2.45, 2.75) is 45.7 Å². The highest BCUT2D eigenvalue weighted by Crippen LogP contribution is 2.16. The number of nitrogens with one attached hydrogen (secondary N) is 1. The summed E-state index contributed by atoms with van der Waals surface area (Å²) in [5, 5.41) is 3.71. The molecule has 0 aromatic rings. The molecule has 3 unspecified atom stereocenters. The first-order chi connectivity index (χ1) is 9.22. The lowest BCUT2D eigenvalue weighted by molar-refractivity contribution is 0.0344. The predicted molar refractivity (Wildman–Crippen MR) is 79.6 cm³/mol. The van der Waals surface area contributed by atoms with Crippen molar-refractivity contribution in [1.82, 2.24) is 10.2 Å². The highest BCUT2D eigenvalue weighted by molar-refractivity contribution is 4.87. The van der Waals surface area contributed by atoms with Crippen LogP contribution in [0.1, 0.15) is 33.6 Å². The highest BCUT2D eigenvalue weighted by Gasteiger charge is 2.28. The topological polar surface area (TPSA) is 33.7 Å². The predicted octanol–water partition coefficient (Wildman–Crippen LogP) is 1.75. The van der Waals surface area contributed by atoms with Crippen molar-refractivity contribution in [2.24, 2.45) is 5.92 Å². The fraction of sp³-hybridized carbons (Fsp3) is 1.00. The Kier molecular flexibility index (Phi) is 8.62. The summed E-state index contributed by atoms with van der Waals surface area (Å²) in [6.45, 7) is 12.4. The summed E-state index contributed by atoms with van der Waals surface area (Å²) < 4.78 is 10.6. The van der Waals surface area contributed by atoms with Gasteiger partial charge in [-0.2, -0.15) is 0 Å². The van der Waals surface area contributed by atoms with E-state index in [-0.39, 0.29) is 0 Å². The van der Waals surface area contributed by atoms with Crippen molar-refractivity contribution in [3.8, 4) is 0 Å². The lowest BCUT2D eigenvalue weighted by Gasteiger charge is -2.42. The summed E-state index contributed by atoms with van der Waals surface area (Å²) in [6, 6.07) is 1.29. The second-order valence-corrected chi connectivity index (χ2v) is 5.56. The molecule has 114 valence electrons. The fourth-order valence-corrected chi connectivity index (χ4v) is 2.65. The zero-order valence-electron chi connectivity index (χ0n) is 13.2. The average Bonchev–Trinajstić information content (AvgIpc) is 2.46. The molecule has 0 amide bonds. The quantitative estimate of drug-likeness (QED) is 0.648. The maximum Gasteiger partial charge on any atom is 0.0700 e. The molecule has 0 saturated carbocycles. The van der Waals surface area contributed by atoms with Crippen LogP contribution in [0.15, 0.2) is 0 Å². The maximum absolute atomic E-state index is 5.60. The molecule has 1 saturated heterocycles. The molecule has 0 aromatic carbocycles. The van der Waals surface area contributed by atoms with Gasteiger partial charge in [0.1, 0.15) is 0 Å². The molecular formula is C15H32N2O2. The Bertz CT molecular complexity index is 226. The minimum absolute atomic E-state index is 0.631. The number of methoxy groups -OCH3 is 1. The van der Waals surface area contributed by atoms with Gasteiger partial charge < -0.3 is 14.8 Å². The van der Waals surface area contributed by atoms with E-state index in [2.05, 4.69) is 31.0 Å².